The molecule has 0 aromatic heterocycles. The van der Waals surface area contributed by atoms with Gasteiger partial charge in [-0.25, -0.2) is 13.6 Å². The number of benzene rings is 1. The number of carbonyl (C=O) groups is 1. The molecule has 1 aromatic rings. The summed E-state index contributed by atoms with van der Waals surface area (Å²) in [5, 5.41) is 3.68. The molecule has 2 atom stereocenters. The van der Waals surface area contributed by atoms with Crippen molar-refractivity contribution >= 4 is 6.09 Å². The predicted octanol–water partition coefficient (Wildman–Crippen LogP) is 3.98. The number of nitrogens with zero attached hydrogens (tertiary/aromatic N) is 4. The Balaban J connectivity index is 2.23. The molecule has 2 rings (SSSR count). The average Bonchev–Trinajstić information content (AvgIpc) is 2.85. The lowest BCUT2D eigenvalue weighted by atomic mass is 9.95. The maximum Gasteiger partial charge on any atom is 0.410 e. The van der Waals surface area contributed by atoms with Crippen molar-refractivity contribution in [1.82, 2.24) is 4.90 Å². The van der Waals surface area contributed by atoms with Crippen molar-refractivity contribution in [3.05, 3.63) is 45.8 Å². The van der Waals surface area contributed by atoms with Gasteiger partial charge in [0.05, 0.1) is 6.04 Å². The third kappa shape index (κ3) is 4.10. The van der Waals surface area contributed by atoms with Gasteiger partial charge in [0.15, 0.2) is 11.6 Å². The number of azide groups is 1. The summed E-state index contributed by atoms with van der Waals surface area (Å²) in [5.74, 6) is -2.33. The normalized spacial score (nSPS) is 21.0. The van der Waals surface area contributed by atoms with Gasteiger partial charge in [-0.05, 0) is 44.0 Å². The van der Waals surface area contributed by atoms with E-state index in [0.29, 0.717) is 5.56 Å². The van der Waals surface area contributed by atoms with Crippen molar-refractivity contribution in [2.45, 2.75) is 38.3 Å². The van der Waals surface area contributed by atoms with E-state index in [9.17, 15) is 13.6 Å². The lowest BCUT2D eigenvalue weighted by Gasteiger charge is -2.24. The SMILES string of the molecule is CC(C)(C)OC(=O)N1C[C@H](N=[N+]=[N-])[C@H](c2ccc(F)c(F)c2)C1. The van der Waals surface area contributed by atoms with Crippen LogP contribution in [0.4, 0.5) is 13.6 Å². The molecule has 0 radical (unpaired) electrons. The lowest BCUT2D eigenvalue weighted by molar-refractivity contribution is 0.0290. The fourth-order valence-corrected chi connectivity index (χ4v) is 2.52. The van der Waals surface area contributed by atoms with Gasteiger partial charge in [-0.1, -0.05) is 11.2 Å². The first-order chi connectivity index (χ1) is 10.7. The first kappa shape index (κ1) is 17.0. The summed E-state index contributed by atoms with van der Waals surface area (Å²) in [6.45, 7) is 5.63. The van der Waals surface area contributed by atoms with Crippen LogP contribution in [0, 0.1) is 11.6 Å². The van der Waals surface area contributed by atoms with E-state index in [0.717, 1.165) is 12.1 Å². The molecular weight excluding hydrogens is 306 g/mol. The highest BCUT2D eigenvalue weighted by Crippen LogP contribution is 2.31. The van der Waals surface area contributed by atoms with Gasteiger partial charge >= 0.3 is 6.09 Å². The van der Waals surface area contributed by atoms with Crippen molar-refractivity contribution < 1.29 is 18.3 Å². The maximum atomic E-state index is 13.4. The molecule has 0 bridgehead atoms. The van der Waals surface area contributed by atoms with Gasteiger partial charge in [-0.3, -0.25) is 0 Å². The highest BCUT2D eigenvalue weighted by Gasteiger charge is 2.37. The Hall–Kier alpha value is -2.34. The maximum absolute atomic E-state index is 13.4. The van der Waals surface area contributed by atoms with Crippen molar-refractivity contribution in [2.24, 2.45) is 5.11 Å². The molecule has 0 N–H and O–H groups in total. The number of rotatable bonds is 2. The molecule has 1 fully saturated rings. The minimum atomic E-state index is -0.974. The molecule has 1 aromatic carbocycles. The molecule has 0 spiro atoms. The summed E-state index contributed by atoms with van der Waals surface area (Å²) >= 11 is 0. The number of amides is 1. The van der Waals surface area contributed by atoms with Gasteiger partial charge in [0, 0.05) is 23.9 Å². The van der Waals surface area contributed by atoms with E-state index in [1.165, 1.54) is 11.0 Å². The van der Waals surface area contributed by atoms with Crippen LogP contribution >= 0.6 is 0 Å². The van der Waals surface area contributed by atoms with Crippen molar-refractivity contribution in [3.8, 4) is 0 Å². The number of carbonyl (C=O) groups excluding carboxylic acids is 1. The molecule has 124 valence electrons. The van der Waals surface area contributed by atoms with Crippen LogP contribution in [0.15, 0.2) is 23.3 Å². The summed E-state index contributed by atoms with van der Waals surface area (Å²) in [4.78, 5) is 16.3. The van der Waals surface area contributed by atoms with E-state index in [-0.39, 0.29) is 13.1 Å². The molecule has 0 saturated carbocycles. The first-order valence-corrected chi connectivity index (χ1v) is 7.18. The van der Waals surface area contributed by atoms with E-state index in [4.69, 9.17) is 10.3 Å². The third-order valence-electron chi connectivity index (χ3n) is 3.51. The van der Waals surface area contributed by atoms with Gasteiger partial charge in [0.25, 0.3) is 0 Å². The summed E-state index contributed by atoms with van der Waals surface area (Å²) in [6, 6.07) is 2.96. The molecule has 6 nitrogen and oxygen atoms in total. The number of halogens is 2. The number of ether oxygens (including phenoxy) is 1. The zero-order valence-electron chi connectivity index (χ0n) is 13.2. The summed E-state index contributed by atoms with van der Waals surface area (Å²) in [5.41, 5.74) is 8.52. The summed E-state index contributed by atoms with van der Waals surface area (Å²) in [6.07, 6.45) is -0.527. The molecule has 1 saturated heterocycles. The zero-order valence-corrected chi connectivity index (χ0v) is 13.2. The fraction of sp³-hybridized carbons (Fsp3) is 0.533. The van der Waals surface area contributed by atoms with Crippen LogP contribution in [0.2, 0.25) is 0 Å². The van der Waals surface area contributed by atoms with Crippen LogP contribution in [0.5, 0.6) is 0 Å². The molecule has 1 amide bonds. The van der Waals surface area contributed by atoms with Crippen molar-refractivity contribution in [3.63, 3.8) is 0 Å². The number of likely N-dealkylation sites (tertiary alicyclic amines) is 1. The lowest BCUT2D eigenvalue weighted by Crippen LogP contribution is -2.35. The molecule has 0 unspecified atom stereocenters. The van der Waals surface area contributed by atoms with Gasteiger partial charge in [0.2, 0.25) is 0 Å². The van der Waals surface area contributed by atoms with E-state index in [1.807, 2.05) is 0 Å². The second kappa shape index (κ2) is 6.42. The van der Waals surface area contributed by atoms with Gasteiger partial charge < -0.3 is 9.64 Å². The monoisotopic (exact) mass is 324 g/mol. The average molecular weight is 324 g/mol. The van der Waals surface area contributed by atoms with Crippen molar-refractivity contribution in [2.75, 3.05) is 13.1 Å². The first-order valence-electron chi connectivity index (χ1n) is 7.18. The standard InChI is InChI=1S/C15H18F2N4O2/c1-15(2,3)23-14(22)21-7-10(13(8-21)19-20-18)9-4-5-11(16)12(17)6-9/h4-6,10,13H,7-8H2,1-3H3/t10-,13-/m0/s1. The highest BCUT2D eigenvalue weighted by atomic mass is 19.2. The minimum Gasteiger partial charge on any atom is -0.444 e. The zero-order chi connectivity index (χ0) is 17.2. The third-order valence-corrected chi connectivity index (χ3v) is 3.51. The summed E-state index contributed by atoms with van der Waals surface area (Å²) in [7, 11) is 0. The predicted molar refractivity (Wildman–Crippen MR) is 79.8 cm³/mol. The van der Waals surface area contributed by atoms with Gasteiger partial charge in [-0.15, -0.1) is 0 Å². The quantitative estimate of drug-likeness (QED) is 0.468. The Bertz CT molecular complexity index is 653. The van der Waals surface area contributed by atoms with Gasteiger partial charge in [0.1, 0.15) is 5.60 Å². The Morgan fingerprint density at radius 1 is 1.35 bits per heavy atom. The Morgan fingerprint density at radius 3 is 2.61 bits per heavy atom. The van der Waals surface area contributed by atoms with Crippen LogP contribution in [0.25, 0.3) is 10.4 Å². The highest BCUT2D eigenvalue weighted by molar-refractivity contribution is 5.69. The van der Waals surface area contributed by atoms with Crippen molar-refractivity contribution in [1.29, 1.82) is 0 Å². The Kier molecular flexibility index (Phi) is 4.75. The minimum absolute atomic E-state index is 0.169. The largest absolute Gasteiger partial charge is 0.444 e. The van der Waals surface area contributed by atoms with E-state index >= 15 is 0 Å². The van der Waals surface area contributed by atoms with Crippen LogP contribution in [0.3, 0.4) is 0 Å². The topological polar surface area (TPSA) is 78.3 Å². The molecule has 1 heterocycles. The second-order valence-electron chi connectivity index (χ2n) is 6.44. The summed E-state index contributed by atoms with van der Waals surface area (Å²) < 4.78 is 31.8. The van der Waals surface area contributed by atoms with E-state index in [2.05, 4.69) is 10.0 Å². The molecule has 1 aliphatic heterocycles. The van der Waals surface area contributed by atoms with Gasteiger partial charge in [-0.2, -0.15) is 0 Å². The van der Waals surface area contributed by atoms with Crippen LogP contribution in [-0.2, 0) is 4.74 Å². The molecule has 0 aliphatic carbocycles. The second-order valence-corrected chi connectivity index (χ2v) is 6.44. The number of hydrogen-bond donors (Lipinski definition) is 0. The fourth-order valence-electron chi connectivity index (χ4n) is 2.52. The molecule has 8 heteroatoms. The smallest absolute Gasteiger partial charge is 0.410 e. The van der Waals surface area contributed by atoms with Crippen LogP contribution in [-0.4, -0.2) is 35.7 Å². The molecule has 1 aliphatic rings. The number of hydrogen-bond acceptors (Lipinski definition) is 3. The van der Waals surface area contributed by atoms with E-state index in [1.54, 1.807) is 20.8 Å². The molecule has 23 heavy (non-hydrogen) atoms. The Labute approximate surface area is 132 Å². The molecular formula is C15H18F2N4O2. The van der Waals surface area contributed by atoms with E-state index < -0.39 is 35.3 Å². The van der Waals surface area contributed by atoms with Crippen LogP contribution in [0.1, 0.15) is 32.3 Å². The van der Waals surface area contributed by atoms with Crippen LogP contribution < -0.4 is 0 Å². The Morgan fingerprint density at radius 2 is 2.04 bits per heavy atom.